The van der Waals surface area contributed by atoms with E-state index in [1.54, 1.807) is 24.3 Å². The van der Waals surface area contributed by atoms with E-state index in [1.807, 2.05) is 32.1 Å². The molecule has 34 heavy (non-hydrogen) atoms. The number of carbonyl (C=O) groups excluding carboxylic acids is 2. The van der Waals surface area contributed by atoms with E-state index in [1.165, 1.54) is 12.7 Å². The fraction of sp³-hybridized carbons (Fsp3) is 0.357. The van der Waals surface area contributed by atoms with Gasteiger partial charge in [0.1, 0.15) is 5.60 Å². The molecule has 0 N–H and O–H groups in total. The van der Waals surface area contributed by atoms with Gasteiger partial charge in [-0.1, -0.05) is 48.9 Å². The summed E-state index contributed by atoms with van der Waals surface area (Å²) in [5.41, 5.74) is 2.13. The summed E-state index contributed by atoms with van der Waals surface area (Å²) in [7, 11) is 1.35. The third-order valence-corrected chi connectivity index (χ3v) is 6.80. The number of allylic oxidation sites excluding steroid dienone is 1. The van der Waals surface area contributed by atoms with Gasteiger partial charge in [0.15, 0.2) is 11.6 Å². The number of esters is 1. The molecule has 1 fully saturated rings. The molecule has 1 spiro atoms. The quantitative estimate of drug-likeness (QED) is 0.251. The molecule has 2 aromatic carbocycles. The van der Waals surface area contributed by atoms with Gasteiger partial charge in [-0.15, -0.1) is 0 Å². The minimum atomic E-state index is -0.965. The second-order valence-electron chi connectivity index (χ2n) is 9.13. The molecule has 4 rings (SSSR count). The Balaban J connectivity index is 1.57. The Morgan fingerprint density at radius 1 is 1.09 bits per heavy atom. The number of hydrogen-bond acceptors (Lipinski definition) is 5. The molecule has 2 aliphatic rings. The normalized spacial score (nSPS) is 24.6. The number of halogens is 1. The highest BCUT2D eigenvalue weighted by molar-refractivity contribution is 9.12. The number of carbonyl (C=O) groups is 2. The Morgan fingerprint density at radius 3 is 2.47 bits per heavy atom. The van der Waals surface area contributed by atoms with Crippen molar-refractivity contribution in [2.75, 3.05) is 7.11 Å². The number of ketones is 1. The maximum absolute atomic E-state index is 13.2. The Morgan fingerprint density at radius 2 is 1.79 bits per heavy atom. The molecule has 1 saturated heterocycles. The van der Waals surface area contributed by atoms with E-state index in [0.29, 0.717) is 15.6 Å². The maximum Gasteiger partial charge on any atom is 0.337 e. The molecule has 1 aliphatic carbocycles. The minimum Gasteiger partial charge on any atom is -0.465 e. The molecule has 0 bridgehead atoms. The Kier molecular flexibility index (Phi) is 7.22. The molecular weight excluding hydrogens is 496 g/mol. The van der Waals surface area contributed by atoms with Gasteiger partial charge in [-0.3, -0.25) is 4.79 Å². The van der Waals surface area contributed by atoms with Gasteiger partial charge >= 0.3 is 5.97 Å². The third-order valence-electron chi connectivity index (χ3n) is 6.21. The molecule has 0 radical (unpaired) electrons. The van der Waals surface area contributed by atoms with Gasteiger partial charge in [0.25, 0.3) is 0 Å². The van der Waals surface area contributed by atoms with Crippen LogP contribution in [0.1, 0.15) is 54.6 Å². The van der Waals surface area contributed by atoms with Gasteiger partial charge < -0.3 is 14.2 Å². The summed E-state index contributed by atoms with van der Waals surface area (Å²) in [6.07, 6.45) is 7.11. The molecule has 2 aromatic rings. The first kappa shape index (κ1) is 24.6. The number of unbranched alkanes of at least 4 members (excludes halogenated alkanes) is 1. The molecule has 6 heteroatoms. The third kappa shape index (κ3) is 5.09. The molecule has 0 aromatic heterocycles. The molecule has 2 atom stereocenters. The van der Waals surface area contributed by atoms with E-state index in [2.05, 4.69) is 40.2 Å². The summed E-state index contributed by atoms with van der Waals surface area (Å²) in [5.74, 6) is -1.35. The van der Waals surface area contributed by atoms with E-state index in [0.717, 1.165) is 31.2 Å². The van der Waals surface area contributed by atoms with Crippen LogP contribution in [0.25, 0.3) is 6.08 Å². The lowest BCUT2D eigenvalue weighted by Crippen LogP contribution is -2.39. The summed E-state index contributed by atoms with van der Waals surface area (Å²) in [6, 6.07) is 17.4. The van der Waals surface area contributed by atoms with Crippen molar-refractivity contribution in [3.8, 4) is 0 Å². The summed E-state index contributed by atoms with van der Waals surface area (Å²) >= 11 is 3.43. The zero-order chi connectivity index (χ0) is 24.3. The lowest BCUT2D eigenvalue weighted by atomic mass is 9.86. The number of methoxy groups -OCH3 is 1. The van der Waals surface area contributed by atoms with Gasteiger partial charge in [-0.2, -0.15) is 0 Å². The van der Waals surface area contributed by atoms with Crippen molar-refractivity contribution in [2.24, 2.45) is 0 Å². The van der Waals surface area contributed by atoms with Gasteiger partial charge in [0, 0.05) is 5.57 Å². The number of aryl methyl sites for hydroxylation is 1. The average Bonchev–Trinajstić information content (AvgIpc) is 3.22. The van der Waals surface area contributed by atoms with Gasteiger partial charge in [0.2, 0.25) is 0 Å². The first-order valence-corrected chi connectivity index (χ1v) is 12.3. The van der Waals surface area contributed by atoms with Crippen LogP contribution in [-0.4, -0.2) is 36.4 Å². The van der Waals surface area contributed by atoms with Crippen LogP contribution >= 0.6 is 15.9 Å². The van der Waals surface area contributed by atoms with Crippen LogP contribution in [0.2, 0.25) is 0 Å². The van der Waals surface area contributed by atoms with Crippen molar-refractivity contribution in [1.29, 1.82) is 0 Å². The number of rotatable bonds is 7. The Labute approximate surface area is 208 Å². The maximum atomic E-state index is 13.2. The zero-order valence-corrected chi connectivity index (χ0v) is 21.3. The first-order valence-electron chi connectivity index (χ1n) is 11.5. The van der Waals surface area contributed by atoms with Crippen molar-refractivity contribution >= 4 is 33.8 Å². The monoisotopic (exact) mass is 524 g/mol. The fourth-order valence-corrected chi connectivity index (χ4v) is 5.22. The molecule has 0 unspecified atom stereocenters. The SMILES string of the molecule is COC(=O)c1ccc(/C=C2/C(=O)C(Br)=C[C@]23OC(C)(C)O[C@@H]3CCCCc2ccccc2)cc1. The van der Waals surface area contributed by atoms with Crippen LogP contribution < -0.4 is 0 Å². The standard InChI is InChI=1S/C28H29BrO5/c1-27(2)33-24(12-8-7-11-19-9-5-4-6-10-19)28(34-27)18-23(29)25(30)22(28)17-20-13-15-21(16-14-20)26(31)32-3/h4-6,9-10,13-18,24H,7-8,11-12H2,1-3H3/b22-17-/t24-,28+/m1/s1. The van der Waals surface area contributed by atoms with Crippen LogP contribution in [0.15, 0.2) is 70.7 Å². The second kappa shape index (κ2) is 9.98. The van der Waals surface area contributed by atoms with E-state index in [-0.39, 0.29) is 11.9 Å². The summed E-state index contributed by atoms with van der Waals surface area (Å²) in [4.78, 5) is 24.9. The van der Waals surface area contributed by atoms with Crippen molar-refractivity contribution in [3.05, 3.63) is 87.4 Å². The van der Waals surface area contributed by atoms with Crippen molar-refractivity contribution in [2.45, 2.75) is 57.0 Å². The van der Waals surface area contributed by atoms with Crippen LogP contribution in [0.5, 0.6) is 0 Å². The molecule has 5 nitrogen and oxygen atoms in total. The topological polar surface area (TPSA) is 61.8 Å². The lowest BCUT2D eigenvalue weighted by Gasteiger charge is -2.28. The van der Waals surface area contributed by atoms with Crippen LogP contribution in [0.3, 0.4) is 0 Å². The predicted molar refractivity (Wildman–Crippen MR) is 135 cm³/mol. The van der Waals surface area contributed by atoms with E-state index >= 15 is 0 Å². The van der Waals surface area contributed by atoms with Gasteiger partial charge in [-0.25, -0.2) is 4.79 Å². The van der Waals surface area contributed by atoms with Crippen molar-refractivity contribution in [3.63, 3.8) is 0 Å². The highest BCUT2D eigenvalue weighted by atomic mass is 79.9. The summed E-state index contributed by atoms with van der Waals surface area (Å²) in [5, 5.41) is 0. The van der Waals surface area contributed by atoms with Gasteiger partial charge in [-0.05, 0) is 84.5 Å². The number of hydrogen-bond donors (Lipinski definition) is 0. The molecule has 0 saturated carbocycles. The molecule has 0 amide bonds. The molecular formula is C28H29BrO5. The number of Topliss-reactive ketones (excluding diaryl/α,β-unsaturated/α-hetero) is 1. The van der Waals surface area contributed by atoms with E-state index in [4.69, 9.17) is 14.2 Å². The number of benzene rings is 2. The fourth-order valence-electron chi connectivity index (χ4n) is 4.67. The molecule has 1 aliphatic heterocycles. The smallest absolute Gasteiger partial charge is 0.337 e. The summed E-state index contributed by atoms with van der Waals surface area (Å²) in [6.45, 7) is 3.76. The molecule has 178 valence electrons. The second-order valence-corrected chi connectivity index (χ2v) is 9.98. The summed E-state index contributed by atoms with van der Waals surface area (Å²) < 4.78 is 18.0. The lowest BCUT2D eigenvalue weighted by molar-refractivity contribution is -0.151. The van der Waals surface area contributed by atoms with Crippen LogP contribution in [0, 0.1) is 0 Å². The number of ether oxygens (including phenoxy) is 3. The van der Waals surface area contributed by atoms with Gasteiger partial charge in [0.05, 0.1) is 23.3 Å². The van der Waals surface area contributed by atoms with Crippen molar-refractivity contribution in [1.82, 2.24) is 0 Å². The van der Waals surface area contributed by atoms with Crippen LogP contribution in [-0.2, 0) is 25.4 Å². The minimum absolute atomic E-state index is 0.118. The predicted octanol–water partition coefficient (Wildman–Crippen LogP) is 6.02. The largest absolute Gasteiger partial charge is 0.465 e. The van der Waals surface area contributed by atoms with Crippen LogP contribution in [0.4, 0.5) is 0 Å². The zero-order valence-electron chi connectivity index (χ0n) is 19.7. The highest BCUT2D eigenvalue weighted by Crippen LogP contribution is 2.50. The Bertz CT molecular complexity index is 1120. The first-order chi connectivity index (χ1) is 16.2. The highest BCUT2D eigenvalue weighted by Gasteiger charge is 2.58. The Hall–Kier alpha value is -2.54. The van der Waals surface area contributed by atoms with E-state index in [9.17, 15) is 9.59 Å². The van der Waals surface area contributed by atoms with Crippen molar-refractivity contribution < 1.29 is 23.8 Å². The average molecular weight is 525 g/mol. The van der Waals surface area contributed by atoms with E-state index < -0.39 is 17.4 Å². The molecule has 1 heterocycles.